The number of rotatable bonds is 3. The Hall–Kier alpha value is -0.490. The summed E-state index contributed by atoms with van der Waals surface area (Å²) < 4.78 is 22.1. The minimum Gasteiger partial charge on any atom is -0.312 e. The Bertz CT molecular complexity index is 597. The molecule has 1 fully saturated rings. The van der Waals surface area contributed by atoms with E-state index in [1.807, 2.05) is 0 Å². The lowest BCUT2D eigenvalue weighted by molar-refractivity contribution is -0.117. The summed E-state index contributed by atoms with van der Waals surface area (Å²) in [6.45, 7) is 0.293. The Kier molecular flexibility index (Phi) is 4.30. The molecule has 0 N–H and O–H groups in total. The van der Waals surface area contributed by atoms with E-state index in [1.165, 1.54) is 4.90 Å². The van der Waals surface area contributed by atoms with Crippen molar-refractivity contribution in [1.29, 1.82) is 0 Å². The molecule has 0 aromatic heterocycles. The number of halogens is 3. The Morgan fingerprint density at radius 1 is 1.21 bits per heavy atom. The van der Waals surface area contributed by atoms with Crippen LogP contribution in [0.25, 0.3) is 0 Å². The smallest absolute Gasteiger partial charge is 0.232 e. The number of amides is 1. The molecule has 104 valence electrons. The van der Waals surface area contributed by atoms with Crippen molar-refractivity contribution in [2.24, 2.45) is 5.92 Å². The van der Waals surface area contributed by atoms with E-state index in [2.05, 4.69) is 0 Å². The third kappa shape index (κ3) is 3.99. The Morgan fingerprint density at radius 3 is 2.32 bits per heavy atom. The van der Waals surface area contributed by atoms with E-state index in [9.17, 15) is 13.2 Å². The molecule has 2 rings (SSSR count). The summed E-state index contributed by atoms with van der Waals surface area (Å²) in [5, 5.41) is 0.840. The maximum absolute atomic E-state index is 11.9. The van der Waals surface area contributed by atoms with Crippen LogP contribution >= 0.6 is 33.9 Å². The molecule has 1 amide bonds. The number of carbonyl (C=O) groups excluding carboxylic acids is 1. The number of hydrogen-bond donors (Lipinski definition) is 0. The van der Waals surface area contributed by atoms with Crippen LogP contribution in [-0.2, 0) is 13.8 Å². The van der Waals surface area contributed by atoms with Crippen LogP contribution in [0.1, 0.15) is 6.42 Å². The standard InChI is InChI=1S/C11H10Cl3NO3S/c12-8-2-9(13)4-10(3-8)15-5-7(1-11(15)16)6-19(14,17)18/h2-4,7H,1,5-6H2. The van der Waals surface area contributed by atoms with Crippen molar-refractivity contribution in [2.75, 3.05) is 17.2 Å². The maximum atomic E-state index is 11.9. The van der Waals surface area contributed by atoms with Crippen LogP contribution in [0.5, 0.6) is 0 Å². The Labute approximate surface area is 125 Å². The van der Waals surface area contributed by atoms with Gasteiger partial charge in [0.15, 0.2) is 0 Å². The van der Waals surface area contributed by atoms with E-state index in [0.717, 1.165) is 0 Å². The summed E-state index contributed by atoms with van der Waals surface area (Å²) in [5.74, 6) is -0.693. The summed E-state index contributed by atoms with van der Waals surface area (Å²) >= 11 is 11.8. The van der Waals surface area contributed by atoms with Gasteiger partial charge in [-0.15, -0.1) is 0 Å². The lowest BCUT2D eigenvalue weighted by Gasteiger charge is -2.17. The second-order valence-electron chi connectivity index (χ2n) is 4.41. The minimum absolute atomic E-state index is 0.149. The molecule has 8 heteroatoms. The molecule has 1 heterocycles. The zero-order chi connectivity index (χ0) is 14.2. The quantitative estimate of drug-likeness (QED) is 0.794. The lowest BCUT2D eigenvalue weighted by atomic mass is 10.1. The van der Waals surface area contributed by atoms with Crippen molar-refractivity contribution >= 4 is 54.5 Å². The van der Waals surface area contributed by atoms with Crippen LogP contribution < -0.4 is 4.90 Å². The van der Waals surface area contributed by atoms with E-state index in [0.29, 0.717) is 22.3 Å². The molecule has 1 atom stereocenters. The highest BCUT2D eigenvalue weighted by atomic mass is 35.7. The van der Waals surface area contributed by atoms with Gasteiger partial charge in [-0.25, -0.2) is 8.42 Å². The van der Waals surface area contributed by atoms with Crippen LogP contribution in [0.2, 0.25) is 10.0 Å². The summed E-state index contributed by atoms with van der Waals surface area (Å²) in [4.78, 5) is 13.4. The van der Waals surface area contributed by atoms with Gasteiger partial charge in [-0.3, -0.25) is 4.79 Å². The van der Waals surface area contributed by atoms with E-state index >= 15 is 0 Å². The highest BCUT2D eigenvalue weighted by Gasteiger charge is 2.33. The molecule has 1 saturated heterocycles. The second kappa shape index (κ2) is 5.48. The van der Waals surface area contributed by atoms with Crippen LogP contribution in [-0.4, -0.2) is 26.6 Å². The molecule has 4 nitrogen and oxygen atoms in total. The molecule has 0 saturated carbocycles. The van der Waals surface area contributed by atoms with Crippen LogP contribution in [0.15, 0.2) is 18.2 Å². The molecule has 0 aliphatic carbocycles. The van der Waals surface area contributed by atoms with Gasteiger partial charge in [0.2, 0.25) is 15.0 Å². The van der Waals surface area contributed by atoms with E-state index in [4.69, 9.17) is 33.9 Å². The average Bonchev–Trinajstić information content (AvgIpc) is 2.54. The first-order chi connectivity index (χ1) is 8.74. The average molecular weight is 343 g/mol. The summed E-state index contributed by atoms with van der Waals surface area (Å²) in [6, 6.07) is 4.79. The first-order valence-corrected chi connectivity index (χ1v) is 8.67. The largest absolute Gasteiger partial charge is 0.312 e. The lowest BCUT2D eigenvalue weighted by Crippen LogP contribution is -2.25. The molecule has 1 aromatic rings. The Balaban J connectivity index is 2.20. The third-order valence-corrected chi connectivity index (χ3v) is 4.48. The first-order valence-electron chi connectivity index (χ1n) is 5.43. The van der Waals surface area contributed by atoms with Crippen molar-refractivity contribution in [3.05, 3.63) is 28.2 Å². The molecular formula is C11H10Cl3NO3S. The van der Waals surface area contributed by atoms with Crippen molar-refractivity contribution < 1.29 is 13.2 Å². The van der Waals surface area contributed by atoms with Gasteiger partial charge >= 0.3 is 0 Å². The van der Waals surface area contributed by atoms with E-state index < -0.39 is 9.05 Å². The fraction of sp³-hybridized carbons (Fsp3) is 0.364. The highest BCUT2D eigenvalue weighted by molar-refractivity contribution is 8.13. The summed E-state index contributed by atoms with van der Waals surface area (Å²) in [7, 11) is 1.59. The van der Waals surface area contributed by atoms with Crippen molar-refractivity contribution in [3.8, 4) is 0 Å². The number of benzene rings is 1. The maximum Gasteiger partial charge on any atom is 0.232 e. The number of carbonyl (C=O) groups is 1. The highest BCUT2D eigenvalue weighted by Crippen LogP contribution is 2.30. The molecule has 0 bridgehead atoms. The minimum atomic E-state index is -3.61. The van der Waals surface area contributed by atoms with Gasteiger partial charge in [0.25, 0.3) is 0 Å². The summed E-state index contributed by atoms with van der Waals surface area (Å²) in [6.07, 6.45) is 0.149. The number of nitrogens with zero attached hydrogens (tertiary/aromatic N) is 1. The van der Waals surface area contributed by atoms with Crippen molar-refractivity contribution in [1.82, 2.24) is 0 Å². The number of anilines is 1. The monoisotopic (exact) mass is 341 g/mol. The van der Waals surface area contributed by atoms with E-state index in [-0.39, 0.29) is 24.0 Å². The topological polar surface area (TPSA) is 54.5 Å². The van der Waals surface area contributed by atoms with Gasteiger partial charge in [-0.2, -0.15) is 0 Å². The normalized spacial score (nSPS) is 20.1. The molecule has 19 heavy (non-hydrogen) atoms. The van der Waals surface area contributed by atoms with Gasteiger partial charge in [-0.05, 0) is 18.2 Å². The predicted octanol–water partition coefficient (Wildman–Crippen LogP) is 2.91. The van der Waals surface area contributed by atoms with Crippen molar-refractivity contribution in [2.45, 2.75) is 6.42 Å². The molecule has 1 unspecified atom stereocenters. The van der Waals surface area contributed by atoms with Gasteiger partial charge in [0.1, 0.15) is 0 Å². The van der Waals surface area contributed by atoms with Crippen LogP contribution in [0.4, 0.5) is 5.69 Å². The van der Waals surface area contributed by atoms with Crippen LogP contribution in [0.3, 0.4) is 0 Å². The van der Waals surface area contributed by atoms with Crippen molar-refractivity contribution in [3.63, 3.8) is 0 Å². The summed E-state index contributed by atoms with van der Waals surface area (Å²) in [5.41, 5.74) is 0.567. The fourth-order valence-electron chi connectivity index (χ4n) is 2.12. The van der Waals surface area contributed by atoms with Gasteiger partial charge in [0, 0.05) is 45.3 Å². The SMILES string of the molecule is O=C1CC(CS(=O)(=O)Cl)CN1c1cc(Cl)cc(Cl)c1. The third-order valence-electron chi connectivity index (χ3n) is 2.80. The zero-order valence-corrected chi connectivity index (χ0v) is 12.7. The molecular weight excluding hydrogens is 333 g/mol. The Morgan fingerprint density at radius 2 is 1.79 bits per heavy atom. The molecule has 0 radical (unpaired) electrons. The van der Waals surface area contributed by atoms with Gasteiger partial charge < -0.3 is 4.90 Å². The molecule has 1 aliphatic heterocycles. The fourth-order valence-corrected chi connectivity index (χ4v) is 3.95. The van der Waals surface area contributed by atoms with E-state index in [1.54, 1.807) is 18.2 Å². The van der Waals surface area contributed by atoms with Gasteiger partial charge in [0.05, 0.1) is 5.75 Å². The number of hydrogen-bond acceptors (Lipinski definition) is 3. The second-order valence-corrected chi connectivity index (χ2v) is 8.10. The first kappa shape index (κ1) is 14.9. The predicted molar refractivity (Wildman–Crippen MR) is 76.6 cm³/mol. The van der Waals surface area contributed by atoms with Gasteiger partial charge in [-0.1, -0.05) is 23.2 Å². The molecule has 1 aromatic carbocycles. The molecule has 0 spiro atoms. The molecule has 1 aliphatic rings. The zero-order valence-electron chi connectivity index (χ0n) is 9.64. The van der Waals surface area contributed by atoms with Crippen LogP contribution in [0, 0.1) is 5.92 Å².